The van der Waals surface area contributed by atoms with E-state index in [9.17, 15) is 61.0 Å². The molecule has 3 aliphatic rings. The summed E-state index contributed by atoms with van der Waals surface area (Å²) in [6.07, 6.45) is -21.5. The molecule has 3 heterocycles. The minimum atomic E-state index is -1.84. The van der Waals surface area contributed by atoms with Crippen molar-refractivity contribution in [3.63, 3.8) is 0 Å². The summed E-state index contributed by atoms with van der Waals surface area (Å²) < 4.78 is 40.5. The molecular weight excluding hydrogens is 724 g/mol. The topological polar surface area (TPSA) is 304 Å². The van der Waals surface area contributed by atoms with Crippen LogP contribution in [0.2, 0.25) is 0 Å². The number of phenolic OH excluding ortho intramolecular Hbond substituents is 4. The van der Waals surface area contributed by atoms with Gasteiger partial charge in [0.25, 0.3) is 0 Å². The average molecular weight is 771 g/mol. The number of hydrogen-bond acceptors (Lipinski definition) is 19. The minimum absolute atomic E-state index is 0.139. The third kappa shape index (κ3) is 9.40. The van der Waals surface area contributed by atoms with E-state index in [4.69, 9.17) is 33.2 Å². The van der Waals surface area contributed by atoms with E-state index < -0.39 is 110 Å². The third-order valence-electron chi connectivity index (χ3n) is 9.35. The van der Waals surface area contributed by atoms with Gasteiger partial charge in [-0.25, -0.2) is 4.79 Å². The van der Waals surface area contributed by atoms with Crippen molar-refractivity contribution in [2.45, 2.75) is 112 Å². The fourth-order valence-electron chi connectivity index (χ4n) is 6.17. The molecule has 3 saturated heterocycles. The van der Waals surface area contributed by atoms with E-state index >= 15 is 0 Å². The summed E-state index contributed by atoms with van der Waals surface area (Å²) >= 11 is 0. The summed E-state index contributed by atoms with van der Waals surface area (Å²) in [6, 6.07) is 7.86. The highest BCUT2D eigenvalue weighted by Gasteiger charge is 2.54. The predicted molar refractivity (Wildman–Crippen MR) is 178 cm³/mol. The van der Waals surface area contributed by atoms with Gasteiger partial charge in [0.05, 0.1) is 25.4 Å². The molecule has 15 unspecified atom stereocenters. The Morgan fingerprint density at radius 1 is 0.667 bits per heavy atom. The van der Waals surface area contributed by atoms with Crippen LogP contribution < -0.4 is 0 Å². The van der Waals surface area contributed by atoms with Crippen molar-refractivity contribution in [1.82, 2.24) is 0 Å². The number of ether oxygens (including phenoxy) is 7. The third-order valence-corrected chi connectivity index (χ3v) is 9.35. The maximum atomic E-state index is 13.1. The number of carbonyl (C=O) groups excluding carboxylic acids is 1. The zero-order valence-corrected chi connectivity index (χ0v) is 29.1. The second-order valence-electron chi connectivity index (χ2n) is 13.2. The van der Waals surface area contributed by atoms with Gasteiger partial charge in [-0.3, -0.25) is 0 Å². The van der Waals surface area contributed by atoms with Gasteiger partial charge < -0.3 is 89.3 Å². The Hall–Kier alpha value is -3.67. The molecule has 5 rings (SSSR count). The van der Waals surface area contributed by atoms with Gasteiger partial charge in [-0.05, 0) is 61.7 Å². The van der Waals surface area contributed by atoms with Crippen LogP contribution in [0.4, 0.5) is 0 Å². The Morgan fingerprint density at radius 3 is 1.93 bits per heavy atom. The van der Waals surface area contributed by atoms with Crippen LogP contribution in [0.3, 0.4) is 0 Å². The number of aromatic hydroxyl groups is 4. The van der Waals surface area contributed by atoms with Crippen molar-refractivity contribution in [1.29, 1.82) is 0 Å². The van der Waals surface area contributed by atoms with Gasteiger partial charge in [0, 0.05) is 6.08 Å². The molecule has 3 fully saturated rings. The zero-order chi connectivity index (χ0) is 39.4. The van der Waals surface area contributed by atoms with Crippen LogP contribution in [0.15, 0.2) is 42.5 Å². The van der Waals surface area contributed by atoms with Crippen LogP contribution in [0.25, 0.3) is 6.08 Å². The molecule has 0 saturated carbocycles. The van der Waals surface area contributed by atoms with Crippen molar-refractivity contribution in [3.05, 3.63) is 53.6 Å². The maximum Gasteiger partial charge on any atom is 0.331 e. The minimum Gasteiger partial charge on any atom is -0.504 e. The molecule has 2 aromatic carbocycles. The van der Waals surface area contributed by atoms with Crippen LogP contribution in [0.1, 0.15) is 25.0 Å². The molecule has 300 valence electrons. The Bertz CT molecular complexity index is 1590. The molecule has 0 amide bonds. The fraction of sp³-hybridized carbons (Fsp3) is 0.571. The number of phenols is 4. The number of aliphatic hydroxyl groups excluding tert-OH is 7. The van der Waals surface area contributed by atoms with Gasteiger partial charge in [-0.2, -0.15) is 0 Å². The van der Waals surface area contributed by atoms with Crippen molar-refractivity contribution < 1.29 is 94.1 Å². The lowest BCUT2D eigenvalue weighted by molar-refractivity contribution is -0.385. The van der Waals surface area contributed by atoms with E-state index in [-0.39, 0.29) is 30.3 Å². The monoisotopic (exact) mass is 770 g/mol. The normalized spacial score (nSPS) is 37.3. The number of hydrogen-bond donors (Lipinski definition) is 11. The highest BCUT2D eigenvalue weighted by molar-refractivity contribution is 5.87. The van der Waals surface area contributed by atoms with E-state index in [0.717, 1.165) is 6.08 Å². The molecule has 3 aliphatic heterocycles. The quantitative estimate of drug-likeness (QED) is 0.0622. The van der Waals surface area contributed by atoms with Gasteiger partial charge in [0.2, 0.25) is 0 Å². The van der Waals surface area contributed by atoms with Crippen LogP contribution >= 0.6 is 0 Å². The molecule has 0 radical (unpaired) electrons. The van der Waals surface area contributed by atoms with Gasteiger partial charge >= 0.3 is 5.97 Å². The second-order valence-corrected chi connectivity index (χ2v) is 13.2. The second kappa shape index (κ2) is 17.9. The molecule has 54 heavy (non-hydrogen) atoms. The molecule has 11 N–H and O–H groups in total. The number of rotatable bonds is 12. The molecule has 19 heteroatoms. The van der Waals surface area contributed by atoms with Crippen LogP contribution in [-0.2, 0) is 44.4 Å². The van der Waals surface area contributed by atoms with Crippen molar-refractivity contribution in [3.8, 4) is 23.0 Å². The van der Waals surface area contributed by atoms with Crippen LogP contribution in [-0.4, -0.2) is 167 Å². The molecular formula is C35H46O19. The molecule has 19 nitrogen and oxygen atoms in total. The molecule has 0 aliphatic carbocycles. The highest BCUT2D eigenvalue weighted by Crippen LogP contribution is 2.34. The standard InChI is InChI=1S/C35H46O19/c1-14-24(42)26(44)28(46)34(49-14)54-32-27(45)25(43)15(2)50-35(32)53-31-29(47)33(48-10-9-17-4-7-19(38)21(40)12-17)51-22(13-36)30(31)52-23(41)8-5-16-3-6-18(37)20(39)11-16/h3-8,11-12,14-15,22,24-40,42-47H,9-10,13H2,1-2H3/b8-5+. The van der Waals surface area contributed by atoms with Crippen LogP contribution in [0.5, 0.6) is 23.0 Å². The number of esters is 1. The lowest BCUT2D eigenvalue weighted by Gasteiger charge is -2.48. The van der Waals surface area contributed by atoms with Crippen LogP contribution in [0, 0.1) is 0 Å². The molecule has 15 atom stereocenters. The lowest BCUT2D eigenvalue weighted by atomic mass is 9.96. The Balaban J connectivity index is 1.40. The van der Waals surface area contributed by atoms with E-state index in [1.165, 1.54) is 56.3 Å². The van der Waals surface area contributed by atoms with Crippen molar-refractivity contribution in [2.24, 2.45) is 0 Å². The number of carbonyl (C=O) groups is 1. The first kappa shape index (κ1) is 41.5. The van der Waals surface area contributed by atoms with Gasteiger partial charge in [0.1, 0.15) is 54.9 Å². The Kier molecular flexibility index (Phi) is 13.7. The van der Waals surface area contributed by atoms with Gasteiger partial charge in [0.15, 0.2) is 48.0 Å². The predicted octanol–water partition coefficient (Wildman–Crippen LogP) is -2.16. The maximum absolute atomic E-state index is 13.1. The average Bonchev–Trinajstić information content (AvgIpc) is 3.14. The Morgan fingerprint density at radius 2 is 1.28 bits per heavy atom. The summed E-state index contributed by atoms with van der Waals surface area (Å²) in [5, 5.41) is 114. The van der Waals surface area contributed by atoms with Crippen molar-refractivity contribution in [2.75, 3.05) is 13.2 Å². The molecule has 0 spiro atoms. The smallest absolute Gasteiger partial charge is 0.331 e. The van der Waals surface area contributed by atoms with E-state index in [1.807, 2.05) is 0 Å². The van der Waals surface area contributed by atoms with Crippen molar-refractivity contribution >= 4 is 12.0 Å². The highest BCUT2D eigenvalue weighted by atomic mass is 16.8. The first-order chi connectivity index (χ1) is 25.6. The van der Waals surface area contributed by atoms with Gasteiger partial charge in [-0.15, -0.1) is 0 Å². The zero-order valence-electron chi connectivity index (χ0n) is 29.1. The number of aliphatic hydroxyl groups is 7. The first-order valence-electron chi connectivity index (χ1n) is 17.1. The first-order valence-corrected chi connectivity index (χ1v) is 17.1. The number of benzene rings is 2. The largest absolute Gasteiger partial charge is 0.504 e. The molecule has 0 bridgehead atoms. The summed E-state index contributed by atoms with van der Waals surface area (Å²) in [5.41, 5.74) is 0.833. The summed E-state index contributed by atoms with van der Waals surface area (Å²) in [5.74, 6) is -2.58. The molecule has 2 aromatic rings. The van der Waals surface area contributed by atoms with Gasteiger partial charge in [-0.1, -0.05) is 12.1 Å². The summed E-state index contributed by atoms with van der Waals surface area (Å²) in [6.45, 7) is 1.84. The summed E-state index contributed by atoms with van der Waals surface area (Å²) in [7, 11) is 0. The SMILES string of the molecule is CC1OC(OC2C(OC3C(O)C(OCCc4ccc(O)c(O)c4)OC(CO)C3OC(=O)/C=C/c3ccc(O)c(O)c3)OC(C)C(O)C2O)C(O)C(O)C1O. The molecule has 0 aromatic heterocycles. The van der Waals surface area contributed by atoms with E-state index in [1.54, 1.807) is 0 Å². The summed E-state index contributed by atoms with van der Waals surface area (Å²) in [4.78, 5) is 13.1. The lowest BCUT2D eigenvalue weighted by Crippen LogP contribution is -2.66. The fourth-order valence-corrected chi connectivity index (χ4v) is 6.17. The Labute approximate surface area is 308 Å². The van der Waals surface area contributed by atoms with E-state index in [0.29, 0.717) is 11.1 Å². The van der Waals surface area contributed by atoms with E-state index in [2.05, 4.69) is 0 Å².